The summed E-state index contributed by atoms with van der Waals surface area (Å²) in [6.07, 6.45) is 34.4. The summed E-state index contributed by atoms with van der Waals surface area (Å²) in [5, 5.41) is 30.9. The molecule has 6 atom stereocenters. The fourth-order valence-electron chi connectivity index (χ4n) is 6.75. The number of aliphatic hydroxyl groups excluding tert-OH is 3. The molecule has 1 heterocycles. The molecule has 12 nitrogen and oxygen atoms in total. The first-order chi connectivity index (χ1) is 29.0. The molecular weight excluding hydrogens is 789 g/mol. The highest BCUT2D eigenvalue weighted by Gasteiger charge is 2.46. The molecule has 0 aliphatic carbocycles. The summed E-state index contributed by atoms with van der Waals surface area (Å²) in [5.41, 5.74) is 0. The van der Waals surface area contributed by atoms with Crippen LogP contribution in [0, 0.1) is 0 Å². The number of rotatable bonds is 38. The second-order valence-electron chi connectivity index (χ2n) is 16.1. The van der Waals surface area contributed by atoms with Crippen LogP contribution in [0.5, 0.6) is 0 Å². The maximum absolute atomic E-state index is 12.8. The van der Waals surface area contributed by atoms with Gasteiger partial charge in [0.1, 0.15) is 36.8 Å². The Balaban J connectivity index is 2.48. The fourth-order valence-corrected chi connectivity index (χ4v) is 7.44. The summed E-state index contributed by atoms with van der Waals surface area (Å²) in [6.45, 7) is 3.69. The van der Waals surface area contributed by atoms with Crippen LogP contribution in [0.2, 0.25) is 0 Å². The van der Waals surface area contributed by atoms with Gasteiger partial charge < -0.3 is 34.3 Å². The van der Waals surface area contributed by atoms with Crippen molar-refractivity contribution < 1.29 is 56.8 Å². The van der Waals surface area contributed by atoms with E-state index in [0.29, 0.717) is 19.3 Å². The lowest BCUT2D eigenvalue weighted by Crippen LogP contribution is -2.60. The summed E-state index contributed by atoms with van der Waals surface area (Å²) in [4.78, 5) is 25.4. The van der Waals surface area contributed by atoms with Gasteiger partial charge in [0.25, 0.3) is 10.1 Å². The third kappa shape index (κ3) is 31.5. The molecule has 0 saturated carbocycles. The van der Waals surface area contributed by atoms with E-state index in [2.05, 4.69) is 56.4 Å². The Morgan fingerprint density at radius 3 is 1.57 bits per heavy atom. The average molecular weight is 871 g/mol. The minimum Gasteiger partial charge on any atom is -0.462 e. The zero-order chi connectivity index (χ0) is 44.1. The van der Waals surface area contributed by atoms with E-state index in [1.54, 1.807) is 0 Å². The molecule has 1 rings (SSSR count). The molecule has 0 aromatic rings. The Hall–Kier alpha value is -2.39. The lowest BCUT2D eigenvalue weighted by Gasteiger charge is -2.40. The zero-order valence-corrected chi connectivity index (χ0v) is 37.9. The number of hydrogen-bond acceptors (Lipinski definition) is 11. The molecular formula is C47H82O12S. The second kappa shape index (κ2) is 37.2. The molecule has 1 aliphatic rings. The lowest BCUT2D eigenvalue weighted by atomic mass is 10.00. The Kier molecular flexibility index (Phi) is 34.5. The van der Waals surface area contributed by atoms with Crippen LogP contribution in [0.3, 0.4) is 0 Å². The van der Waals surface area contributed by atoms with Gasteiger partial charge in [0.2, 0.25) is 0 Å². The molecule has 1 fully saturated rings. The highest BCUT2D eigenvalue weighted by molar-refractivity contribution is 7.85. The van der Waals surface area contributed by atoms with Crippen molar-refractivity contribution in [3.05, 3.63) is 48.6 Å². The van der Waals surface area contributed by atoms with Crippen molar-refractivity contribution in [3.8, 4) is 0 Å². The molecule has 0 radical (unpaired) electrons. The molecule has 0 aromatic carbocycles. The highest BCUT2D eigenvalue weighted by Crippen LogP contribution is 2.24. The van der Waals surface area contributed by atoms with Crippen LogP contribution in [0.15, 0.2) is 48.6 Å². The Morgan fingerprint density at radius 2 is 1.02 bits per heavy atom. The van der Waals surface area contributed by atoms with Crippen LogP contribution in [0.1, 0.15) is 181 Å². The smallest absolute Gasteiger partial charge is 0.306 e. The Bertz CT molecular complexity index is 1300. The van der Waals surface area contributed by atoms with Crippen molar-refractivity contribution in [2.75, 3.05) is 19.0 Å². The summed E-state index contributed by atoms with van der Waals surface area (Å²) in [6, 6.07) is 0. The molecule has 1 saturated heterocycles. The van der Waals surface area contributed by atoms with Crippen LogP contribution >= 0.6 is 0 Å². The number of esters is 2. The molecule has 0 bridgehead atoms. The van der Waals surface area contributed by atoms with Crippen molar-refractivity contribution in [2.45, 2.75) is 218 Å². The van der Waals surface area contributed by atoms with E-state index in [0.717, 1.165) is 51.4 Å². The molecule has 2 unspecified atom stereocenters. The van der Waals surface area contributed by atoms with Gasteiger partial charge in [0, 0.05) is 12.8 Å². The predicted octanol–water partition coefficient (Wildman–Crippen LogP) is 9.56. The first-order valence-electron chi connectivity index (χ1n) is 23.2. The number of hydrogen-bond donors (Lipinski definition) is 4. The van der Waals surface area contributed by atoms with Crippen LogP contribution in [-0.2, 0) is 38.7 Å². The van der Waals surface area contributed by atoms with Gasteiger partial charge in [-0.05, 0) is 70.6 Å². The minimum absolute atomic E-state index is 0.146. The van der Waals surface area contributed by atoms with Gasteiger partial charge in [0.05, 0.1) is 6.61 Å². The second-order valence-corrected chi connectivity index (χ2v) is 17.6. The van der Waals surface area contributed by atoms with Gasteiger partial charge >= 0.3 is 11.9 Å². The maximum atomic E-state index is 12.8. The number of carbonyl (C=O) groups excluding carboxylic acids is 2. The maximum Gasteiger partial charge on any atom is 0.306 e. The first kappa shape index (κ1) is 55.6. The third-order valence-electron chi connectivity index (χ3n) is 10.4. The molecule has 0 spiro atoms. The number of ether oxygens (including phenoxy) is 4. The van der Waals surface area contributed by atoms with Gasteiger partial charge in [0.15, 0.2) is 12.4 Å². The number of aliphatic hydroxyl groups is 3. The molecule has 60 heavy (non-hydrogen) atoms. The van der Waals surface area contributed by atoms with Crippen molar-refractivity contribution >= 4 is 22.1 Å². The van der Waals surface area contributed by atoms with Gasteiger partial charge in [-0.3, -0.25) is 14.1 Å². The van der Waals surface area contributed by atoms with Crippen LogP contribution in [0.4, 0.5) is 0 Å². The summed E-state index contributed by atoms with van der Waals surface area (Å²) in [7, 11) is -4.61. The van der Waals surface area contributed by atoms with E-state index in [-0.39, 0.29) is 19.4 Å². The van der Waals surface area contributed by atoms with Crippen LogP contribution in [0.25, 0.3) is 0 Å². The van der Waals surface area contributed by atoms with E-state index in [1.165, 1.54) is 83.5 Å². The third-order valence-corrected chi connectivity index (χ3v) is 11.1. The van der Waals surface area contributed by atoms with Crippen molar-refractivity contribution in [2.24, 2.45) is 0 Å². The van der Waals surface area contributed by atoms with E-state index in [4.69, 9.17) is 18.9 Å². The van der Waals surface area contributed by atoms with Crippen molar-refractivity contribution in [1.82, 2.24) is 0 Å². The number of carbonyl (C=O) groups is 2. The fraction of sp³-hybridized carbons (Fsp3) is 0.787. The van der Waals surface area contributed by atoms with E-state index in [9.17, 15) is 37.9 Å². The first-order valence-corrected chi connectivity index (χ1v) is 24.8. The molecule has 13 heteroatoms. The summed E-state index contributed by atoms with van der Waals surface area (Å²) < 4.78 is 54.0. The minimum atomic E-state index is -4.61. The van der Waals surface area contributed by atoms with Crippen molar-refractivity contribution in [3.63, 3.8) is 0 Å². The SMILES string of the molecule is CCCCCC/C=C/CCCCCCCCCC(=O)O[C@H](COC(=O)CCC/C=C/C/C=C/C/C=C/CCCCCCCC)CO[C@H]1O[C@H](CS(=O)(=O)O)[C@@H](O)C(O)C1O. The summed E-state index contributed by atoms with van der Waals surface area (Å²) in [5.74, 6) is -2.06. The summed E-state index contributed by atoms with van der Waals surface area (Å²) >= 11 is 0. The largest absolute Gasteiger partial charge is 0.462 e. The monoisotopic (exact) mass is 871 g/mol. The van der Waals surface area contributed by atoms with Gasteiger partial charge in [-0.15, -0.1) is 0 Å². The van der Waals surface area contributed by atoms with Crippen LogP contribution in [-0.4, -0.2) is 96.0 Å². The van der Waals surface area contributed by atoms with Crippen LogP contribution < -0.4 is 0 Å². The standard InChI is InChI=1S/C47H82O12S/c1-3-5-7-9-11-13-15-17-19-20-22-23-25-27-29-31-33-35-42(48)56-37-40(38-57-47-46(52)45(51)44(50)41(59-47)39-60(53,54)55)58-43(49)36-34-32-30-28-26-24-21-18-16-14-12-10-8-6-4-2/h14,16-17,19,22-23,27,29,40-41,44-47,50-52H,3-13,15,18,20-21,24-26,28,30-39H2,1-2H3,(H,53,54,55)/b16-14+,19-17+,23-22+,29-27+/t40-,41-,44-,45?,46?,47+/m1/s1. The molecule has 0 amide bonds. The zero-order valence-electron chi connectivity index (χ0n) is 37.1. The van der Waals surface area contributed by atoms with E-state index >= 15 is 0 Å². The molecule has 4 N–H and O–H groups in total. The van der Waals surface area contributed by atoms with E-state index < -0.39 is 71.2 Å². The van der Waals surface area contributed by atoms with Gasteiger partial charge in [-0.2, -0.15) is 8.42 Å². The predicted molar refractivity (Wildman–Crippen MR) is 238 cm³/mol. The van der Waals surface area contributed by atoms with Gasteiger partial charge in [-0.1, -0.05) is 146 Å². The van der Waals surface area contributed by atoms with Crippen molar-refractivity contribution in [1.29, 1.82) is 0 Å². The van der Waals surface area contributed by atoms with E-state index in [1.807, 2.05) is 6.08 Å². The Labute approximate surface area is 363 Å². The highest BCUT2D eigenvalue weighted by atomic mass is 32.2. The molecule has 348 valence electrons. The number of unbranched alkanes of at least 4 members (excludes halogenated alkanes) is 18. The topological polar surface area (TPSA) is 186 Å². The average Bonchev–Trinajstić information content (AvgIpc) is 3.21. The quantitative estimate of drug-likeness (QED) is 0.0200. The molecule has 0 aromatic heterocycles. The number of allylic oxidation sites excluding steroid dienone is 8. The normalized spacial score (nSPS) is 20.5. The Morgan fingerprint density at radius 1 is 0.567 bits per heavy atom. The molecule has 1 aliphatic heterocycles. The lowest BCUT2D eigenvalue weighted by molar-refractivity contribution is -0.297. The van der Waals surface area contributed by atoms with Gasteiger partial charge in [-0.25, -0.2) is 0 Å².